The molecule has 0 radical (unpaired) electrons. The summed E-state index contributed by atoms with van der Waals surface area (Å²) in [4.78, 5) is 12.0. The van der Waals surface area contributed by atoms with Gasteiger partial charge in [-0.25, -0.2) is 4.79 Å². The number of ether oxygens (including phenoxy) is 2. The van der Waals surface area contributed by atoms with Crippen molar-refractivity contribution < 1.29 is 22.7 Å². The van der Waals surface area contributed by atoms with Gasteiger partial charge in [-0.3, -0.25) is 0 Å². The number of hydrogen-bond donors (Lipinski definition) is 0. The maximum absolute atomic E-state index is 12.5. The molecule has 126 valence electrons. The first kappa shape index (κ1) is 17.7. The molecule has 0 N–H and O–H groups in total. The highest BCUT2D eigenvalue weighted by molar-refractivity contribution is 7.90. The fourth-order valence-electron chi connectivity index (χ4n) is 1.94. The van der Waals surface area contributed by atoms with Gasteiger partial charge in [-0.2, -0.15) is 12.8 Å². The summed E-state index contributed by atoms with van der Waals surface area (Å²) in [5.41, 5.74) is 0.945. The number of carbonyl (C=O) groups is 1. The summed E-state index contributed by atoms with van der Waals surface area (Å²) in [6.07, 6.45) is 0. The molecule has 0 unspecified atom stereocenters. The Hall–Kier alpha value is -2.67. The summed E-state index contributed by atoms with van der Waals surface area (Å²) < 4.78 is 38.3. The van der Waals surface area contributed by atoms with Gasteiger partial charge in [0, 0.05) is 5.56 Å². The van der Waals surface area contributed by atoms with Gasteiger partial charge in [-0.05, 0) is 43.3 Å². The summed E-state index contributed by atoms with van der Waals surface area (Å²) >= 11 is 0. The molecule has 2 aromatic rings. The smallest absolute Gasteiger partial charge is 0.358 e. The molecule has 0 aliphatic carbocycles. The van der Waals surface area contributed by atoms with Gasteiger partial charge in [0.05, 0.1) is 19.1 Å². The van der Waals surface area contributed by atoms with E-state index in [1.165, 1.54) is 26.4 Å². The second kappa shape index (κ2) is 7.27. The van der Waals surface area contributed by atoms with E-state index in [1.54, 1.807) is 36.4 Å². The highest BCUT2D eigenvalue weighted by atomic mass is 32.2. The molecule has 0 spiro atoms. The SMILES string of the molecule is COC(=O)/C(=N/S(=O)(=O)c1ccc(C)cc1)c1ccc(OC)cc1. The van der Waals surface area contributed by atoms with E-state index in [1.807, 2.05) is 6.92 Å². The third-order valence-corrected chi connectivity index (χ3v) is 4.56. The summed E-state index contributed by atoms with van der Waals surface area (Å²) in [6, 6.07) is 12.5. The van der Waals surface area contributed by atoms with Gasteiger partial charge < -0.3 is 9.47 Å². The number of hydrogen-bond acceptors (Lipinski definition) is 5. The van der Waals surface area contributed by atoms with E-state index in [9.17, 15) is 13.2 Å². The van der Waals surface area contributed by atoms with Crippen LogP contribution in [0.3, 0.4) is 0 Å². The van der Waals surface area contributed by atoms with Crippen LogP contribution in [-0.2, 0) is 19.6 Å². The molecular formula is C17H17NO5S. The fourth-order valence-corrected chi connectivity index (χ4v) is 2.94. The van der Waals surface area contributed by atoms with Crippen LogP contribution in [0.25, 0.3) is 0 Å². The highest BCUT2D eigenvalue weighted by Gasteiger charge is 2.21. The Morgan fingerprint density at radius 2 is 1.54 bits per heavy atom. The van der Waals surface area contributed by atoms with Gasteiger partial charge in [0.15, 0.2) is 5.71 Å². The first-order valence-electron chi connectivity index (χ1n) is 7.02. The van der Waals surface area contributed by atoms with E-state index >= 15 is 0 Å². The molecule has 0 heterocycles. The van der Waals surface area contributed by atoms with Crippen molar-refractivity contribution in [1.29, 1.82) is 0 Å². The van der Waals surface area contributed by atoms with Crippen LogP contribution in [0.5, 0.6) is 5.75 Å². The van der Waals surface area contributed by atoms with Crippen LogP contribution in [0.15, 0.2) is 57.8 Å². The summed E-state index contributed by atoms with van der Waals surface area (Å²) in [5.74, 6) is -0.264. The van der Waals surface area contributed by atoms with Crippen LogP contribution in [0.1, 0.15) is 11.1 Å². The normalized spacial score (nSPS) is 11.9. The van der Waals surface area contributed by atoms with Gasteiger partial charge in [0.1, 0.15) is 5.75 Å². The largest absolute Gasteiger partial charge is 0.497 e. The second-order valence-corrected chi connectivity index (χ2v) is 6.55. The lowest BCUT2D eigenvalue weighted by molar-refractivity contribution is -0.132. The minimum Gasteiger partial charge on any atom is -0.497 e. The third-order valence-electron chi connectivity index (χ3n) is 3.27. The molecular weight excluding hydrogens is 330 g/mol. The lowest BCUT2D eigenvalue weighted by atomic mass is 10.1. The zero-order valence-electron chi connectivity index (χ0n) is 13.5. The number of sulfonamides is 1. The molecule has 2 rings (SSSR count). The maximum atomic E-state index is 12.5. The number of aryl methyl sites for hydroxylation is 1. The number of rotatable bonds is 5. The van der Waals surface area contributed by atoms with Crippen molar-refractivity contribution >= 4 is 21.7 Å². The van der Waals surface area contributed by atoms with E-state index in [4.69, 9.17) is 4.74 Å². The molecule has 7 heteroatoms. The van der Waals surface area contributed by atoms with E-state index in [2.05, 4.69) is 9.13 Å². The molecule has 0 saturated heterocycles. The lowest BCUT2D eigenvalue weighted by Crippen LogP contribution is -2.19. The van der Waals surface area contributed by atoms with Crippen LogP contribution in [-0.4, -0.2) is 34.3 Å². The fraction of sp³-hybridized carbons (Fsp3) is 0.176. The Balaban J connectivity index is 2.51. The van der Waals surface area contributed by atoms with E-state index in [-0.39, 0.29) is 10.6 Å². The molecule has 0 aromatic heterocycles. The minimum atomic E-state index is -4.04. The van der Waals surface area contributed by atoms with Crippen LogP contribution >= 0.6 is 0 Å². The van der Waals surface area contributed by atoms with Crippen LogP contribution < -0.4 is 4.74 Å². The predicted octanol–water partition coefficient (Wildman–Crippen LogP) is 2.35. The molecule has 0 aliphatic rings. The molecule has 0 fully saturated rings. The van der Waals surface area contributed by atoms with Crippen molar-refractivity contribution in [2.24, 2.45) is 4.40 Å². The summed E-state index contributed by atoms with van der Waals surface area (Å²) in [5, 5.41) is 0. The van der Waals surface area contributed by atoms with E-state index in [0.29, 0.717) is 11.3 Å². The molecule has 24 heavy (non-hydrogen) atoms. The molecule has 0 aliphatic heterocycles. The number of methoxy groups -OCH3 is 2. The van der Waals surface area contributed by atoms with Gasteiger partial charge in [-0.1, -0.05) is 17.7 Å². The lowest BCUT2D eigenvalue weighted by Gasteiger charge is -2.07. The molecule has 0 bridgehead atoms. The molecule has 6 nitrogen and oxygen atoms in total. The minimum absolute atomic E-state index is 0.00279. The highest BCUT2D eigenvalue weighted by Crippen LogP contribution is 2.17. The zero-order chi connectivity index (χ0) is 17.7. The van der Waals surface area contributed by atoms with Gasteiger partial charge >= 0.3 is 5.97 Å². The Morgan fingerprint density at radius 3 is 2.04 bits per heavy atom. The average Bonchev–Trinajstić information content (AvgIpc) is 2.59. The molecule has 0 amide bonds. The Morgan fingerprint density at radius 1 is 0.958 bits per heavy atom. The first-order valence-corrected chi connectivity index (χ1v) is 8.46. The summed E-state index contributed by atoms with van der Waals surface area (Å²) in [7, 11) is -1.37. The van der Waals surface area contributed by atoms with Crippen molar-refractivity contribution in [1.82, 2.24) is 0 Å². The molecule has 0 atom stereocenters. The number of nitrogens with zero attached hydrogens (tertiary/aromatic N) is 1. The van der Waals surface area contributed by atoms with Crippen LogP contribution in [0.4, 0.5) is 0 Å². The Kier molecular flexibility index (Phi) is 5.35. The first-order chi connectivity index (χ1) is 11.4. The van der Waals surface area contributed by atoms with Crippen molar-refractivity contribution in [3.8, 4) is 5.75 Å². The topological polar surface area (TPSA) is 82.0 Å². The van der Waals surface area contributed by atoms with Gasteiger partial charge in [0.2, 0.25) is 0 Å². The van der Waals surface area contributed by atoms with Crippen molar-refractivity contribution in [3.05, 3.63) is 59.7 Å². The quantitative estimate of drug-likeness (QED) is 0.612. The van der Waals surface area contributed by atoms with Crippen LogP contribution in [0.2, 0.25) is 0 Å². The standard InChI is InChI=1S/C17H17NO5S/c1-12-4-10-15(11-5-12)24(20,21)18-16(17(19)23-3)13-6-8-14(22-2)9-7-13/h4-11H,1-3H3/b18-16+. The average molecular weight is 347 g/mol. The number of carbonyl (C=O) groups excluding carboxylic acids is 1. The Bertz CT molecular complexity index is 853. The van der Waals surface area contributed by atoms with Gasteiger partial charge in [0.25, 0.3) is 10.0 Å². The number of esters is 1. The van der Waals surface area contributed by atoms with Crippen LogP contribution in [0, 0.1) is 6.92 Å². The maximum Gasteiger partial charge on any atom is 0.358 e. The predicted molar refractivity (Wildman–Crippen MR) is 89.9 cm³/mol. The monoisotopic (exact) mass is 347 g/mol. The van der Waals surface area contributed by atoms with E-state index < -0.39 is 16.0 Å². The third kappa shape index (κ3) is 3.99. The summed E-state index contributed by atoms with van der Waals surface area (Å²) in [6.45, 7) is 1.84. The van der Waals surface area contributed by atoms with Crippen molar-refractivity contribution in [2.45, 2.75) is 11.8 Å². The molecule has 0 saturated carbocycles. The van der Waals surface area contributed by atoms with Gasteiger partial charge in [-0.15, -0.1) is 0 Å². The zero-order valence-corrected chi connectivity index (χ0v) is 14.3. The van der Waals surface area contributed by atoms with E-state index in [0.717, 1.165) is 5.56 Å². The molecule has 2 aromatic carbocycles. The number of benzene rings is 2. The second-order valence-electron chi connectivity index (χ2n) is 4.95. The van der Waals surface area contributed by atoms with Crippen molar-refractivity contribution in [3.63, 3.8) is 0 Å². The van der Waals surface area contributed by atoms with Crippen molar-refractivity contribution in [2.75, 3.05) is 14.2 Å². The Labute approximate surface area is 140 Å².